The number of nitrogens with one attached hydrogen (secondary N) is 2. The van der Waals surface area contributed by atoms with Crippen molar-refractivity contribution in [2.75, 3.05) is 4.72 Å². The van der Waals surface area contributed by atoms with Gasteiger partial charge in [0, 0.05) is 5.38 Å². The number of aliphatic hydroxyl groups excluding tert-OH is 1. The third kappa shape index (κ3) is 2.77. The molecule has 3 N–H and O–H groups in total. The van der Waals surface area contributed by atoms with Gasteiger partial charge >= 0.3 is 0 Å². The molecular weight excluding hydrogens is 288 g/mol. The molecule has 9 heteroatoms. The van der Waals surface area contributed by atoms with Crippen molar-refractivity contribution in [3.63, 3.8) is 0 Å². The monoisotopic (exact) mass is 302 g/mol. The summed E-state index contributed by atoms with van der Waals surface area (Å²) in [6.07, 6.45) is -0.730. The average molecular weight is 302 g/mol. The number of nitrogens with zero attached hydrogens (tertiary/aromatic N) is 2. The van der Waals surface area contributed by atoms with Gasteiger partial charge in [0.2, 0.25) is 0 Å². The maximum absolute atomic E-state index is 12.2. The van der Waals surface area contributed by atoms with Crippen molar-refractivity contribution in [2.24, 2.45) is 0 Å². The number of hydrogen-bond acceptors (Lipinski definition) is 6. The number of hydrogen-bond donors (Lipinski definition) is 3. The summed E-state index contributed by atoms with van der Waals surface area (Å²) < 4.78 is 26.8. The van der Waals surface area contributed by atoms with Crippen molar-refractivity contribution in [1.82, 2.24) is 15.2 Å². The van der Waals surface area contributed by atoms with Crippen LogP contribution in [0.15, 0.2) is 10.3 Å². The van der Waals surface area contributed by atoms with Crippen LogP contribution in [-0.4, -0.2) is 28.7 Å². The third-order valence-electron chi connectivity index (χ3n) is 2.50. The highest BCUT2D eigenvalue weighted by Gasteiger charge is 2.23. The number of aryl methyl sites for hydroxylation is 2. The van der Waals surface area contributed by atoms with Crippen molar-refractivity contribution in [3.05, 3.63) is 22.5 Å². The first-order valence-electron chi connectivity index (χ1n) is 5.49. The van der Waals surface area contributed by atoms with E-state index in [0.29, 0.717) is 17.1 Å². The molecule has 0 spiro atoms. The Labute approximate surface area is 114 Å². The van der Waals surface area contributed by atoms with Gasteiger partial charge in [-0.2, -0.15) is 5.10 Å². The van der Waals surface area contributed by atoms with E-state index in [2.05, 4.69) is 19.9 Å². The molecule has 19 heavy (non-hydrogen) atoms. The van der Waals surface area contributed by atoms with Crippen molar-refractivity contribution in [2.45, 2.75) is 31.8 Å². The van der Waals surface area contributed by atoms with Gasteiger partial charge in [-0.05, 0) is 20.8 Å². The van der Waals surface area contributed by atoms with Crippen molar-refractivity contribution in [3.8, 4) is 0 Å². The van der Waals surface area contributed by atoms with Crippen LogP contribution in [-0.2, 0) is 10.0 Å². The van der Waals surface area contributed by atoms with Crippen LogP contribution in [0.4, 0.5) is 5.13 Å². The summed E-state index contributed by atoms with van der Waals surface area (Å²) >= 11 is 1.12. The topological polar surface area (TPSA) is 108 Å². The van der Waals surface area contributed by atoms with Crippen LogP contribution in [0.2, 0.25) is 0 Å². The van der Waals surface area contributed by atoms with Crippen LogP contribution in [0.25, 0.3) is 0 Å². The number of aromatic nitrogens is 3. The zero-order valence-corrected chi connectivity index (χ0v) is 12.3. The van der Waals surface area contributed by atoms with E-state index in [9.17, 15) is 13.5 Å². The fourth-order valence-electron chi connectivity index (χ4n) is 1.63. The first-order valence-corrected chi connectivity index (χ1v) is 7.85. The summed E-state index contributed by atoms with van der Waals surface area (Å²) in [5.41, 5.74) is 1.30. The molecule has 0 amide bonds. The van der Waals surface area contributed by atoms with Crippen LogP contribution in [0, 0.1) is 13.8 Å². The molecule has 2 aromatic heterocycles. The zero-order chi connectivity index (χ0) is 14.2. The van der Waals surface area contributed by atoms with Crippen LogP contribution in [0.3, 0.4) is 0 Å². The number of sulfonamides is 1. The van der Waals surface area contributed by atoms with Gasteiger partial charge in [0.05, 0.1) is 23.2 Å². The van der Waals surface area contributed by atoms with Crippen LogP contribution >= 0.6 is 11.3 Å². The highest BCUT2D eigenvalue weighted by Crippen LogP contribution is 2.25. The molecule has 0 aromatic carbocycles. The van der Waals surface area contributed by atoms with E-state index in [0.717, 1.165) is 11.3 Å². The van der Waals surface area contributed by atoms with E-state index < -0.39 is 16.1 Å². The average Bonchev–Trinajstić information content (AvgIpc) is 2.85. The summed E-state index contributed by atoms with van der Waals surface area (Å²) in [5.74, 6) is 0. The first kappa shape index (κ1) is 14.0. The smallest absolute Gasteiger partial charge is 0.267 e. The standard InChI is InChI=1S/C10H14N4O3S2/c1-5-9(6(2)13-12-5)19(16,17)14-10-11-8(4-18-10)7(3)15/h4,7,15H,1-3H3,(H,11,14)(H,12,13). The van der Waals surface area contributed by atoms with E-state index in [1.54, 1.807) is 26.2 Å². The molecule has 2 aromatic rings. The van der Waals surface area contributed by atoms with Gasteiger partial charge in [-0.15, -0.1) is 11.3 Å². The molecule has 0 fully saturated rings. The SMILES string of the molecule is Cc1n[nH]c(C)c1S(=O)(=O)Nc1nc(C(C)O)cs1. The Hall–Kier alpha value is -1.45. The van der Waals surface area contributed by atoms with E-state index in [1.165, 1.54) is 0 Å². The summed E-state index contributed by atoms with van der Waals surface area (Å²) in [6.45, 7) is 4.82. The normalized spacial score (nSPS) is 13.5. The fourth-order valence-corrected chi connectivity index (χ4v) is 4.05. The molecule has 1 atom stereocenters. The molecule has 0 saturated carbocycles. The number of anilines is 1. The lowest BCUT2D eigenvalue weighted by molar-refractivity contribution is 0.195. The largest absolute Gasteiger partial charge is 0.387 e. The minimum absolute atomic E-state index is 0.126. The summed E-state index contributed by atoms with van der Waals surface area (Å²) in [4.78, 5) is 4.14. The molecule has 2 rings (SSSR count). The second-order valence-corrected chi connectivity index (χ2v) is 6.60. The second-order valence-electron chi connectivity index (χ2n) is 4.12. The summed E-state index contributed by atoms with van der Waals surface area (Å²) in [5, 5.41) is 17.7. The minimum Gasteiger partial charge on any atom is -0.387 e. The van der Waals surface area contributed by atoms with Crippen molar-refractivity contribution >= 4 is 26.5 Å². The maximum Gasteiger partial charge on any atom is 0.267 e. The number of rotatable bonds is 4. The van der Waals surface area contributed by atoms with E-state index in [-0.39, 0.29) is 10.0 Å². The molecule has 0 aliphatic heterocycles. The Morgan fingerprint density at radius 2 is 2.16 bits per heavy atom. The fraction of sp³-hybridized carbons (Fsp3) is 0.400. The van der Waals surface area contributed by atoms with Gasteiger partial charge in [-0.1, -0.05) is 0 Å². The van der Waals surface area contributed by atoms with Crippen LogP contribution < -0.4 is 4.72 Å². The Kier molecular flexibility index (Phi) is 3.61. The Bertz CT molecular complexity index is 668. The Morgan fingerprint density at radius 1 is 1.47 bits per heavy atom. The lowest BCUT2D eigenvalue weighted by atomic mass is 10.3. The number of aliphatic hydroxyl groups is 1. The molecule has 7 nitrogen and oxygen atoms in total. The molecule has 2 heterocycles. The summed E-state index contributed by atoms with van der Waals surface area (Å²) in [6, 6.07) is 0. The number of H-pyrrole nitrogens is 1. The van der Waals surface area contributed by atoms with Crippen molar-refractivity contribution < 1.29 is 13.5 Å². The highest BCUT2D eigenvalue weighted by molar-refractivity contribution is 7.93. The molecule has 0 radical (unpaired) electrons. The minimum atomic E-state index is -3.72. The molecule has 104 valence electrons. The van der Waals surface area contributed by atoms with Gasteiger partial charge in [0.1, 0.15) is 4.90 Å². The zero-order valence-electron chi connectivity index (χ0n) is 10.6. The molecule has 0 bridgehead atoms. The molecular formula is C10H14N4O3S2. The second kappa shape index (κ2) is 4.91. The van der Waals surface area contributed by atoms with Crippen LogP contribution in [0.5, 0.6) is 0 Å². The van der Waals surface area contributed by atoms with Gasteiger partial charge in [-0.25, -0.2) is 13.4 Å². The van der Waals surface area contributed by atoms with Gasteiger partial charge in [0.15, 0.2) is 5.13 Å². The van der Waals surface area contributed by atoms with Gasteiger partial charge in [0.25, 0.3) is 10.0 Å². The molecule has 1 unspecified atom stereocenters. The van der Waals surface area contributed by atoms with Crippen molar-refractivity contribution in [1.29, 1.82) is 0 Å². The van der Waals surface area contributed by atoms with E-state index in [1.807, 2.05) is 0 Å². The molecule has 0 aliphatic rings. The lowest BCUT2D eigenvalue weighted by Gasteiger charge is -2.05. The summed E-state index contributed by atoms with van der Waals surface area (Å²) in [7, 11) is -3.72. The number of aromatic amines is 1. The predicted molar refractivity (Wildman–Crippen MR) is 71.6 cm³/mol. The number of thiazole rings is 1. The van der Waals surface area contributed by atoms with Gasteiger partial charge < -0.3 is 5.11 Å². The van der Waals surface area contributed by atoms with Gasteiger partial charge in [-0.3, -0.25) is 9.82 Å². The van der Waals surface area contributed by atoms with Crippen LogP contribution in [0.1, 0.15) is 30.1 Å². The lowest BCUT2D eigenvalue weighted by Crippen LogP contribution is -2.14. The first-order chi connectivity index (χ1) is 8.81. The molecule has 0 saturated heterocycles. The Morgan fingerprint density at radius 3 is 2.63 bits per heavy atom. The quantitative estimate of drug-likeness (QED) is 0.789. The maximum atomic E-state index is 12.2. The highest BCUT2D eigenvalue weighted by atomic mass is 32.2. The Balaban J connectivity index is 2.31. The molecule has 0 aliphatic carbocycles. The van der Waals surface area contributed by atoms with E-state index >= 15 is 0 Å². The third-order valence-corrected chi connectivity index (χ3v) is 5.01. The predicted octanol–water partition coefficient (Wildman–Crippen LogP) is 1.34. The van der Waals surface area contributed by atoms with E-state index in [4.69, 9.17) is 0 Å².